The fraction of sp³-hybridized carbons (Fsp3) is 0.111. The molecule has 0 saturated carbocycles. The van der Waals surface area contributed by atoms with Gasteiger partial charge in [-0.1, -0.05) is 0 Å². The van der Waals surface area contributed by atoms with E-state index in [-0.39, 0.29) is 0 Å². The van der Waals surface area contributed by atoms with Crippen LogP contribution in [-0.4, -0.2) is 23.2 Å². The second kappa shape index (κ2) is 4.25. The monoisotopic (exact) mass is 179 g/mol. The molecule has 0 atom stereocenters. The summed E-state index contributed by atoms with van der Waals surface area (Å²) >= 11 is 0. The Labute approximate surface area is 75.5 Å². The van der Waals surface area contributed by atoms with E-state index < -0.39 is 5.97 Å². The lowest BCUT2D eigenvalue weighted by molar-refractivity contribution is -0.131. The third-order valence-electron chi connectivity index (χ3n) is 1.39. The number of rotatable bonds is 3. The molecule has 0 saturated heterocycles. The van der Waals surface area contributed by atoms with E-state index in [0.717, 1.165) is 6.08 Å². The molecule has 13 heavy (non-hydrogen) atoms. The van der Waals surface area contributed by atoms with Crippen LogP contribution in [0.1, 0.15) is 5.69 Å². The van der Waals surface area contributed by atoms with Crippen LogP contribution >= 0.6 is 0 Å². The van der Waals surface area contributed by atoms with Crippen molar-refractivity contribution in [2.45, 2.75) is 0 Å². The van der Waals surface area contributed by atoms with Crippen molar-refractivity contribution >= 4 is 12.0 Å². The van der Waals surface area contributed by atoms with E-state index in [2.05, 4.69) is 4.98 Å². The quantitative estimate of drug-likeness (QED) is 0.708. The van der Waals surface area contributed by atoms with Crippen molar-refractivity contribution in [2.24, 2.45) is 0 Å². The summed E-state index contributed by atoms with van der Waals surface area (Å²) in [7, 11) is 1.55. The van der Waals surface area contributed by atoms with Crippen LogP contribution in [0.5, 0.6) is 5.75 Å². The Morgan fingerprint density at radius 3 is 2.85 bits per heavy atom. The van der Waals surface area contributed by atoms with Gasteiger partial charge in [-0.3, -0.25) is 4.98 Å². The molecule has 1 heterocycles. The highest BCUT2D eigenvalue weighted by Crippen LogP contribution is 2.08. The lowest BCUT2D eigenvalue weighted by atomic mass is 10.3. The van der Waals surface area contributed by atoms with Crippen LogP contribution in [0.25, 0.3) is 6.08 Å². The SMILES string of the molecule is COc1ccc(/C=C/C(=O)O)nc1. The summed E-state index contributed by atoms with van der Waals surface area (Å²) in [5, 5.41) is 8.34. The molecule has 68 valence electrons. The number of methoxy groups -OCH3 is 1. The van der Waals surface area contributed by atoms with Gasteiger partial charge < -0.3 is 9.84 Å². The summed E-state index contributed by atoms with van der Waals surface area (Å²) in [5.74, 6) is -0.343. The van der Waals surface area contributed by atoms with E-state index in [4.69, 9.17) is 9.84 Å². The first kappa shape index (κ1) is 9.25. The Hall–Kier alpha value is -1.84. The number of hydrogen-bond acceptors (Lipinski definition) is 3. The zero-order chi connectivity index (χ0) is 9.68. The van der Waals surface area contributed by atoms with Gasteiger partial charge in [0, 0.05) is 6.08 Å². The average Bonchev–Trinajstić information content (AvgIpc) is 2.15. The van der Waals surface area contributed by atoms with Crippen LogP contribution in [-0.2, 0) is 4.79 Å². The zero-order valence-corrected chi connectivity index (χ0v) is 7.10. The van der Waals surface area contributed by atoms with Gasteiger partial charge in [-0.15, -0.1) is 0 Å². The summed E-state index contributed by atoms with van der Waals surface area (Å²) in [6.07, 6.45) is 3.98. The van der Waals surface area contributed by atoms with Gasteiger partial charge in [0.25, 0.3) is 0 Å². The highest BCUT2D eigenvalue weighted by molar-refractivity contribution is 5.84. The van der Waals surface area contributed by atoms with Gasteiger partial charge in [-0.05, 0) is 18.2 Å². The maximum atomic E-state index is 10.2. The van der Waals surface area contributed by atoms with E-state index in [1.807, 2.05) is 0 Å². The second-order valence-corrected chi connectivity index (χ2v) is 2.29. The average molecular weight is 179 g/mol. The molecule has 0 unspecified atom stereocenters. The molecule has 0 bridgehead atoms. The van der Waals surface area contributed by atoms with Gasteiger partial charge in [0.2, 0.25) is 0 Å². The molecule has 1 aromatic heterocycles. The molecule has 0 aromatic carbocycles. The molecule has 4 nitrogen and oxygen atoms in total. The highest BCUT2D eigenvalue weighted by Gasteiger charge is 1.92. The summed E-state index contributed by atoms with van der Waals surface area (Å²) in [6.45, 7) is 0. The van der Waals surface area contributed by atoms with Gasteiger partial charge in [0.1, 0.15) is 5.75 Å². The van der Waals surface area contributed by atoms with E-state index in [9.17, 15) is 4.79 Å². The first-order valence-corrected chi connectivity index (χ1v) is 3.63. The molecule has 0 amide bonds. The Kier molecular flexibility index (Phi) is 3.03. The maximum Gasteiger partial charge on any atom is 0.328 e. The van der Waals surface area contributed by atoms with E-state index >= 15 is 0 Å². The minimum absolute atomic E-state index is 0.586. The normalized spacial score (nSPS) is 10.2. The zero-order valence-electron chi connectivity index (χ0n) is 7.10. The lowest BCUT2D eigenvalue weighted by Gasteiger charge is -1.97. The number of aromatic nitrogens is 1. The van der Waals surface area contributed by atoms with Crippen molar-refractivity contribution in [1.29, 1.82) is 0 Å². The number of aliphatic carboxylic acids is 1. The Bertz CT molecular complexity index is 316. The fourth-order valence-electron chi connectivity index (χ4n) is 0.768. The first-order valence-electron chi connectivity index (χ1n) is 3.63. The van der Waals surface area contributed by atoms with Crippen molar-refractivity contribution in [3.05, 3.63) is 30.1 Å². The topological polar surface area (TPSA) is 59.4 Å². The van der Waals surface area contributed by atoms with Crippen LogP contribution in [0, 0.1) is 0 Å². The highest BCUT2D eigenvalue weighted by atomic mass is 16.5. The molecular weight excluding hydrogens is 170 g/mol. The van der Waals surface area contributed by atoms with Crippen LogP contribution in [0.15, 0.2) is 24.4 Å². The van der Waals surface area contributed by atoms with Crippen LogP contribution in [0.3, 0.4) is 0 Å². The van der Waals surface area contributed by atoms with Gasteiger partial charge in [-0.25, -0.2) is 4.79 Å². The standard InChI is InChI=1S/C9H9NO3/c1-13-8-4-2-7(10-6-8)3-5-9(11)12/h2-6H,1H3,(H,11,12)/b5-3+. The number of carbonyl (C=O) groups is 1. The predicted octanol–water partition coefficient (Wildman–Crippen LogP) is 1.19. The second-order valence-electron chi connectivity index (χ2n) is 2.29. The molecule has 0 aliphatic rings. The molecule has 1 N–H and O–H groups in total. The molecule has 0 radical (unpaired) electrons. The van der Waals surface area contributed by atoms with Crippen LogP contribution in [0.4, 0.5) is 0 Å². The van der Waals surface area contributed by atoms with Gasteiger partial charge >= 0.3 is 5.97 Å². The van der Waals surface area contributed by atoms with E-state index in [1.54, 1.807) is 19.2 Å². The third kappa shape index (κ3) is 2.94. The van der Waals surface area contributed by atoms with Gasteiger partial charge in [0.05, 0.1) is 19.0 Å². The molecule has 0 aliphatic carbocycles. The molecule has 0 fully saturated rings. The molecule has 0 aliphatic heterocycles. The Balaban J connectivity index is 2.75. The summed E-state index contributed by atoms with van der Waals surface area (Å²) < 4.78 is 4.89. The smallest absolute Gasteiger partial charge is 0.328 e. The maximum absolute atomic E-state index is 10.2. The molecule has 1 aromatic rings. The van der Waals surface area contributed by atoms with Gasteiger partial charge in [0.15, 0.2) is 0 Å². The largest absolute Gasteiger partial charge is 0.495 e. The van der Waals surface area contributed by atoms with Crippen LogP contribution < -0.4 is 4.74 Å². The van der Waals surface area contributed by atoms with Crippen molar-refractivity contribution in [1.82, 2.24) is 4.98 Å². The summed E-state index contributed by atoms with van der Waals surface area (Å²) in [6, 6.07) is 3.40. The van der Waals surface area contributed by atoms with Gasteiger partial charge in [-0.2, -0.15) is 0 Å². The van der Waals surface area contributed by atoms with Crippen molar-refractivity contribution in [3.63, 3.8) is 0 Å². The lowest BCUT2D eigenvalue weighted by Crippen LogP contribution is -1.88. The fourth-order valence-corrected chi connectivity index (χ4v) is 0.768. The predicted molar refractivity (Wildman–Crippen MR) is 47.5 cm³/mol. The summed E-state index contributed by atoms with van der Waals surface area (Å²) in [4.78, 5) is 14.1. The Morgan fingerprint density at radius 2 is 2.38 bits per heavy atom. The summed E-state index contributed by atoms with van der Waals surface area (Å²) in [5.41, 5.74) is 0.586. The molecule has 1 rings (SSSR count). The van der Waals surface area contributed by atoms with Crippen LogP contribution in [0.2, 0.25) is 0 Å². The minimum atomic E-state index is -0.988. The Morgan fingerprint density at radius 1 is 1.62 bits per heavy atom. The number of carboxylic acids is 1. The van der Waals surface area contributed by atoms with Crippen molar-refractivity contribution < 1.29 is 14.6 Å². The van der Waals surface area contributed by atoms with E-state index in [1.165, 1.54) is 12.3 Å². The number of pyridine rings is 1. The number of nitrogens with zero attached hydrogens (tertiary/aromatic N) is 1. The first-order chi connectivity index (χ1) is 6.22. The van der Waals surface area contributed by atoms with Crippen molar-refractivity contribution in [2.75, 3.05) is 7.11 Å². The molecule has 0 spiro atoms. The number of ether oxygens (including phenoxy) is 1. The number of hydrogen-bond donors (Lipinski definition) is 1. The van der Waals surface area contributed by atoms with Crippen molar-refractivity contribution in [3.8, 4) is 5.75 Å². The molecular formula is C9H9NO3. The minimum Gasteiger partial charge on any atom is -0.495 e. The number of carboxylic acid groups (broad SMARTS) is 1. The van der Waals surface area contributed by atoms with E-state index in [0.29, 0.717) is 11.4 Å². The third-order valence-corrected chi connectivity index (χ3v) is 1.39. The molecule has 4 heteroatoms.